The van der Waals surface area contributed by atoms with Gasteiger partial charge in [-0.05, 0) is 24.3 Å². The van der Waals surface area contributed by atoms with Crippen LogP contribution < -0.4 is 10.1 Å². The van der Waals surface area contributed by atoms with Crippen LogP contribution in [0, 0.1) is 0 Å². The van der Waals surface area contributed by atoms with Gasteiger partial charge in [0, 0.05) is 6.54 Å². The quantitative estimate of drug-likeness (QED) is 0.778. The van der Waals surface area contributed by atoms with Crippen molar-refractivity contribution in [2.24, 2.45) is 0 Å². The molecule has 2 rings (SSSR count). The summed E-state index contributed by atoms with van der Waals surface area (Å²) in [7, 11) is 0. The topological polar surface area (TPSA) is 71.5 Å². The van der Waals surface area contributed by atoms with Crippen LogP contribution in [0.3, 0.4) is 0 Å². The molecule has 19 heavy (non-hydrogen) atoms. The molecule has 0 atom stereocenters. The van der Waals surface area contributed by atoms with Gasteiger partial charge in [0.25, 0.3) is 0 Å². The lowest BCUT2D eigenvalue weighted by molar-refractivity contribution is 0.0690. The van der Waals surface area contributed by atoms with Gasteiger partial charge < -0.3 is 15.2 Å². The van der Waals surface area contributed by atoms with Crippen LogP contribution in [0.15, 0.2) is 48.7 Å². The van der Waals surface area contributed by atoms with Crippen molar-refractivity contribution in [3.05, 3.63) is 54.4 Å². The number of aromatic nitrogens is 1. The number of carbonyl (C=O) groups is 1. The van der Waals surface area contributed by atoms with E-state index in [0.29, 0.717) is 13.2 Å². The van der Waals surface area contributed by atoms with E-state index in [0.717, 1.165) is 11.4 Å². The van der Waals surface area contributed by atoms with Crippen molar-refractivity contribution in [1.82, 2.24) is 4.98 Å². The number of hydrogen-bond donors (Lipinski definition) is 2. The summed E-state index contributed by atoms with van der Waals surface area (Å²) in [5, 5.41) is 11.8. The van der Waals surface area contributed by atoms with Crippen LogP contribution in [0.2, 0.25) is 0 Å². The van der Waals surface area contributed by atoms with Gasteiger partial charge in [0.2, 0.25) is 0 Å². The highest BCUT2D eigenvalue weighted by atomic mass is 16.5. The second-order valence-electron chi connectivity index (χ2n) is 3.83. The summed E-state index contributed by atoms with van der Waals surface area (Å²) in [6, 6.07) is 12.7. The van der Waals surface area contributed by atoms with E-state index in [4.69, 9.17) is 9.84 Å². The maximum Gasteiger partial charge on any atom is 0.354 e. The standard InChI is InChI=1S/C14H14N2O3/c17-14(18)13-7-6-11(10-16-13)15-8-9-19-12-4-2-1-3-5-12/h1-7,10,15H,8-9H2,(H,17,18). The van der Waals surface area contributed by atoms with Crippen molar-refractivity contribution in [2.45, 2.75) is 0 Å². The van der Waals surface area contributed by atoms with Gasteiger partial charge in [-0.2, -0.15) is 0 Å². The van der Waals surface area contributed by atoms with Gasteiger partial charge in [-0.25, -0.2) is 9.78 Å². The largest absolute Gasteiger partial charge is 0.492 e. The van der Waals surface area contributed by atoms with Crippen molar-refractivity contribution in [3.8, 4) is 5.75 Å². The highest BCUT2D eigenvalue weighted by Gasteiger charge is 2.02. The molecule has 0 radical (unpaired) electrons. The summed E-state index contributed by atoms with van der Waals surface area (Å²) in [4.78, 5) is 14.4. The summed E-state index contributed by atoms with van der Waals surface area (Å²) in [5.41, 5.74) is 0.799. The normalized spacial score (nSPS) is 9.89. The van der Waals surface area contributed by atoms with Crippen molar-refractivity contribution in [3.63, 3.8) is 0 Å². The van der Waals surface area contributed by atoms with E-state index in [1.807, 2.05) is 30.3 Å². The summed E-state index contributed by atoms with van der Waals surface area (Å²) in [6.07, 6.45) is 1.49. The van der Waals surface area contributed by atoms with Crippen LogP contribution in [0.1, 0.15) is 10.5 Å². The molecule has 1 heterocycles. The van der Waals surface area contributed by atoms with E-state index in [1.165, 1.54) is 12.3 Å². The number of ether oxygens (including phenoxy) is 1. The fourth-order valence-corrected chi connectivity index (χ4v) is 1.51. The smallest absolute Gasteiger partial charge is 0.354 e. The Bertz CT molecular complexity index is 526. The second kappa shape index (κ2) is 6.39. The molecule has 0 bridgehead atoms. The Balaban J connectivity index is 1.75. The minimum atomic E-state index is -1.03. The molecule has 0 unspecified atom stereocenters. The molecule has 98 valence electrons. The highest BCUT2D eigenvalue weighted by molar-refractivity contribution is 5.85. The molecule has 2 aromatic rings. The van der Waals surface area contributed by atoms with Gasteiger partial charge in [0.15, 0.2) is 0 Å². The third kappa shape index (κ3) is 3.99. The number of nitrogens with zero attached hydrogens (tertiary/aromatic N) is 1. The minimum absolute atomic E-state index is 0.0334. The molecule has 1 aromatic carbocycles. The second-order valence-corrected chi connectivity index (χ2v) is 3.83. The molecule has 0 spiro atoms. The summed E-state index contributed by atoms with van der Waals surface area (Å²) >= 11 is 0. The van der Waals surface area contributed by atoms with E-state index >= 15 is 0 Å². The Labute approximate surface area is 110 Å². The monoisotopic (exact) mass is 258 g/mol. The molecular weight excluding hydrogens is 244 g/mol. The first-order valence-corrected chi connectivity index (χ1v) is 5.87. The first-order chi connectivity index (χ1) is 9.25. The molecule has 0 amide bonds. The molecule has 5 heteroatoms. The molecule has 0 aliphatic heterocycles. The van der Waals surface area contributed by atoms with Gasteiger partial charge >= 0.3 is 5.97 Å². The molecule has 0 aliphatic carbocycles. The van der Waals surface area contributed by atoms with Gasteiger partial charge in [-0.3, -0.25) is 0 Å². The van der Waals surface area contributed by atoms with Crippen LogP contribution in [0.4, 0.5) is 5.69 Å². The maximum atomic E-state index is 10.6. The molecule has 0 aliphatic rings. The first-order valence-electron chi connectivity index (χ1n) is 5.87. The minimum Gasteiger partial charge on any atom is -0.492 e. The van der Waals surface area contributed by atoms with E-state index in [-0.39, 0.29) is 5.69 Å². The Hall–Kier alpha value is -2.56. The molecule has 0 fully saturated rings. The third-order valence-corrected chi connectivity index (χ3v) is 2.43. The molecule has 0 saturated carbocycles. The maximum absolute atomic E-state index is 10.6. The summed E-state index contributed by atoms with van der Waals surface area (Å²) in [6.45, 7) is 1.13. The highest BCUT2D eigenvalue weighted by Crippen LogP contribution is 2.08. The number of aromatic carboxylic acids is 1. The predicted molar refractivity (Wildman–Crippen MR) is 71.6 cm³/mol. The van der Waals surface area contributed by atoms with Crippen LogP contribution in [0.25, 0.3) is 0 Å². The van der Waals surface area contributed by atoms with E-state index < -0.39 is 5.97 Å². The number of rotatable bonds is 6. The Morgan fingerprint density at radius 1 is 1.21 bits per heavy atom. The van der Waals surface area contributed by atoms with Crippen LogP contribution >= 0.6 is 0 Å². The number of pyridine rings is 1. The zero-order valence-corrected chi connectivity index (χ0v) is 10.2. The molecule has 2 N–H and O–H groups in total. The molecular formula is C14H14N2O3. The Morgan fingerprint density at radius 3 is 2.63 bits per heavy atom. The van der Waals surface area contributed by atoms with E-state index in [1.54, 1.807) is 6.07 Å². The van der Waals surface area contributed by atoms with E-state index in [2.05, 4.69) is 10.3 Å². The number of anilines is 1. The van der Waals surface area contributed by atoms with Crippen molar-refractivity contribution in [2.75, 3.05) is 18.5 Å². The lowest BCUT2D eigenvalue weighted by Crippen LogP contribution is -2.12. The summed E-state index contributed by atoms with van der Waals surface area (Å²) < 4.78 is 5.51. The van der Waals surface area contributed by atoms with Crippen LogP contribution in [-0.2, 0) is 0 Å². The average Bonchev–Trinajstić information content (AvgIpc) is 2.45. The van der Waals surface area contributed by atoms with Crippen molar-refractivity contribution >= 4 is 11.7 Å². The predicted octanol–water partition coefficient (Wildman–Crippen LogP) is 2.27. The Morgan fingerprint density at radius 2 is 2.00 bits per heavy atom. The fraction of sp³-hybridized carbons (Fsp3) is 0.143. The SMILES string of the molecule is O=C(O)c1ccc(NCCOc2ccccc2)cn1. The molecule has 1 aromatic heterocycles. The van der Waals surface area contributed by atoms with Crippen molar-refractivity contribution < 1.29 is 14.6 Å². The number of carboxylic acids is 1. The van der Waals surface area contributed by atoms with Gasteiger partial charge in [0.1, 0.15) is 18.1 Å². The number of para-hydroxylation sites is 1. The Kier molecular flexibility index (Phi) is 4.34. The average molecular weight is 258 g/mol. The number of hydrogen-bond acceptors (Lipinski definition) is 4. The van der Waals surface area contributed by atoms with Crippen LogP contribution in [-0.4, -0.2) is 29.2 Å². The number of nitrogens with one attached hydrogen (secondary N) is 1. The first kappa shape index (κ1) is 12.9. The number of benzene rings is 1. The lowest BCUT2D eigenvalue weighted by atomic mass is 10.3. The zero-order valence-electron chi connectivity index (χ0n) is 10.2. The van der Waals surface area contributed by atoms with Gasteiger partial charge in [-0.1, -0.05) is 18.2 Å². The molecule has 5 nitrogen and oxygen atoms in total. The third-order valence-electron chi connectivity index (χ3n) is 2.43. The van der Waals surface area contributed by atoms with Crippen molar-refractivity contribution in [1.29, 1.82) is 0 Å². The van der Waals surface area contributed by atoms with Gasteiger partial charge in [0.05, 0.1) is 11.9 Å². The fourth-order valence-electron chi connectivity index (χ4n) is 1.51. The lowest BCUT2D eigenvalue weighted by Gasteiger charge is -2.08. The zero-order chi connectivity index (χ0) is 13.5. The van der Waals surface area contributed by atoms with E-state index in [9.17, 15) is 4.79 Å². The molecule has 0 saturated heterocycles. The van der Waals surface area contributed by atoms with Gasteiger partial charge in [-0.15, -0.1) is 0 Å². The summed E-state index contributed by atoms with van der Waals surface area (Å²) in [5.74, 6) is -0.206. The van der Waals surface area contributed by atoms with Crippen LogP contribution in [0.5, 0.6) is 5.75 Å². The number of carboxylic acid groups (broad SMARTS) is 1.